The molecule has 0 aromatic rings. The van der Waals surface area contributed by atoms with Crippen LogP contribution in [0.4, 0.5) is 0 Å². The van der Waals surface area contributed by atoms with Crippen LogP contribution in [-0.4, -0.2) is 50.7 Å². The lowest BCUT2D eigenvalue weighted by Gasteiger charge is -2.20. The third kappa shape index (κ3) is 7.33. The van der Waals surface area contributed by atoms with Crippen molar-refractivity contribution in [2.45, 2.75) is 20.8 Å². The van der Waals surface area contributed by atoms with Crippen LogP contribution in [0.25, 0.3) is 0 Å². The van der Waals surface area contributed by atoms with E-state index in [4.69, 9.17) is 4.74 Å². The maximum absolute atomic E-state index is 11.3. The number of methoxy groups -OCH3 is 1. The average molecular weight is 216 g/mol. The summed E-state index contributed by atoms with van der Waals surface area (Å²) in [5.74, 6) is 0.192. The first-order valence-electron chi connectivity index (χ1n) is 5.60. The van der Waals surface area contributed by atoms with Crippen molar-refractivity contribution >= 4 is 5.91 Å². The summed E-state index contributed by atoms with van der Waals surface area (Å²) in [6, 6.07) is 0. The fraction of sp³-hybridized carbons (Fsp3) is 0.909. The highest BCUT2D eigenvalue weighted by Crippen LogP contribution is 1.91. The molecular weight excluding hydrogens is 192 g/mol. The molecular formula is C11H24N2O2. The summed E-state index contributed by atoms with van der Waals surface area (Å²) in [5.41, 5.74) is 0. The maximum atomic E-state index is 11.3. The zero-order chi connectivity index (χ0) is 11.7. The Morgan fingerprint density at radius 3 is 2.53 bits per heavy atom. The fourth-order valence-electron chi connectivity index (χ4n) is 1.19. The molecule has 0 aliphatic heterocycles. The van der Waals surface area contributed by atoms with Gasteiger partial charge in [-0.1, -0.05) is 20.8 Å². The largest absolute Gasteiger partial charge is 0.383 e. The molecule has 0 saturated heterocycles. The molecule has 0 atom stereocenters. The van der Waals surface area contributed by atoms with E-state index in [2.05, 4.69) is 17.1 Å². The summed E-state index contributed by atoms with van der Waals surface area (Å²) in [4.78, 5) is 13.5. The van der Waals surface area contributed by atoms with E-state index in [0.29, 0.717) is 6.54 Å². The Kier molecular flexibility index (Phi) is 8.33. The predicted molar refractivity (Wildman–Crippen MR) is 61.8 cm³/mol. The number of rotatable bonds is 8. The molecule has 0 radical (unpaired) electrons. The van der Waals surface area contributed by atoms with Crippen LogP contribution in [-0.2, 0) is 9.53 Å². The highest BCUT2D eigenvalue weighted by Gasteiger charge is 2.06. The summed E-state index contributed by atoms with van der Waals surface area (Å²) >= 11 is 0. The van der Waals surface area contributed by atoms with E-state index in [1.54, 1.807) is 7.11 Å². The highest BCUT2D eigenvalue weighted by atomic mass is 16.5. The Morgan fingerprint density at radius 1 is 1.40 bits per heavy atom. The van der Waals surface area contributed by atoms with E-state index in [-0.39, 0.29) is 11.8 Å². The van der Waals surface area contributed by atoms with Gasteiger partial charge in [-0.25, -0.2) is 0 Å². The van der Waals surface area contributed by atoms with E-state index in [9.17, 15) is 4.79 Å². The molecule has 0 heterocycles. The van der Waals surface area contributed by atoms with Crippen LogP contribution >= 0.6 is 0 Å². The number of nitrogens with zero attached hydrogens (tertiary/aromatic N) is 1. The lowest BCUT2D eigenvalue weighted by atomic mass is 10.2. The third-order valence-corrected chi connectivity index (χ3v) is 2.31. The molecule has 0 rings (SSSR count). The Morgan fingerprint density at radius 2 is 2.07 bits per heavy atom. The zero-order valence-electron chi connectivity index (χ0n) is 10.4. The number of hydrogen-bond donors (Lipinski definition) is 1. The topological polar surface area (TPSA) is 41.6 Å². The van der Waals surface area contributed by atoms with Crippen molar-refractivity contribution < 1.29 is 9.53 Å². The molecule has 0 aromatic heterocycles. The second-order valence-corrected chi connectivity index (χ2v) is 3.87. The normalized spacial score (nSPS) is 11.1. The molecule has 0 aromatic carbocycles. The smallest absolute Gasteiger partial charge is 0.222 e. The van der Waals surface area contributed by atoms with Gasteiger partial charge in [0.05, 0.1) is 6.61 Å². The molecule has 1 amide bonds. The van der Waals surface area contributed by atoms with E-state index in [1.165, 1.54) is 0 Å². The molecule has 90 valence electrons. The Labute approximate surface area is 93.0 Å². The van der Waals surface area contributed by atoms with Gasteiger partial charge in [-0.3, -0.25) is 9.69 Å². The van der Waals surface area contributed by atoms with Gasteiger partial charge >= 0.3 is 0 Å². The third-order valence-electron chi connectivity index (χ3n) is 2.31. The van der Waals surface area contributed by atoms with Crippen molar-refractivity contribution in [2.24, 2.45) is 5.92 Å². The molecule has 0 bridgehead atoms. The number of carbonyl (C=O) groups excluding carboxylic acids is 1. The molecule has 0 aliphatic rings. The van der Waals surface area contributed by atoms with Gasteiger partial charge in [0, 0.05) is 32.7 Å². The molecule has 0 aliphatic carbocycles. The van der Waals surface area contributed by atoms with Gasteiger partial charge in [0.25, 0.3) is 0 Å². The van der Waals surface area contributed by atoms with E-state index in [0.717, 1.165) is 26.2 Å². The molecule has 1 N–H and O–H groups in total. The van der Waals surface area contributed by atoms with Gasteiger partial charge in [0.15, 0.2) is 0 Å². The minimum Gasteiger partial charge on any atom is -0.383 e. The Hall–Kier alpha value is -0.610. The van der Waals surface area contributed by atoms with Crippen molar-refractivity contribution in [1.29, 1.82) is 0 Å². The van der Waals surface area contributed by atoms with Gasteiger partial charge in [0.1, 0.15) is 0 Å². The number of hydrogen-bond acceptors (Lipinski definition) is 3. The van der Waals surface area contributed by atoms with Crippen LogP contribution in [0.15, 0.2) is 0 Å². The summed E-state index contributed by atoms with van der Waals surface area (Å²) in [5, 5.41) is 2.90. The molecule has 4 nitrogen and oxygen atoms in total. The van der Waals surface area contributed by atoms with Crippen LogP contribution in [0.3, 0.4) is 0 Å². The SMILES string of the molecule is CCN(CCNC(=O)C(C)C)CCOC. The minimum absolute atomic E-state index is 0.0686. The van der Waals surface area contributed by atoms with Crippen molar-refractivity contribution in [3.63, 3.8) is 0 Å². The minimum atomic E-state index is 0.0686. The van der Waals surface area contributed by atoms with Crippen LogP contribution in [0, 0.1) is 5.92 Å². The maximum Gasteiger partial charge on any atom is 0.222 e. The Balaban J connectivity index is 3.58. The number of likely N-dealkylation sites (N-methyl/N-ethyl adjacent to an activating group) is 1. The van der Waals surface area contributed by atoms with Crippen LogP contribution in [0.5, 0.6) is 0 Å². The van der Waals surface area contributed by atoms with E-state index < -0.39 is 0 Å². The van der Waals surface area contributed by atoms with Gasteiger partial charge in [-0.2, -0.15) is 0 Å². The lowest BCUT2D eigenvalue weighted by Crippen LogP contribution is -2.37. The summed E-state index contributed by atoms with van der Waals surface area (Å²) in [6.07, 6.45) is 0. The lowest BCUT2D eigenvalue weighted by molar-refractivity contribution is -0.124. The molecule has 0 unspecified atom stereocenters. The van der Waals surface area contributed by atoms with Crippen molar-refractivity contribution in [1.82, 2.24) is 10.2 Å². The zero-order valence-corrected chi connectivity index (χ0v) is 10.4. The second kappa shape index (κ2) is 8.68. The summed E-state index contributed by atoms with van der Waals surface area (Å²) in [7, 11) is 1.70. The van der Waals surface area contributed by atoms with Gasteiger partial charge in [-0.05, 0) is 6.54 Å². The van der Waals surface area contributed by atoms with Crippen LogP contribution in [0.1, 0.15) is 20.8 Å². The van der Waals surface area contributed by atoms with Crippen molar-refractivity contribution in [3.8, 4) is 0 Å². The Bertz CT molecular complexity index is 172. The van der Waals surface area contributed by atoms with Crippen LogP contribution < -0.4 is 5.32 Å². The van der Waals surface area contributed by atoms with E-state index >= 15 is 0 Å². The molecule has 0 fully saturated rings. The molecule has 0 saturated carbocycles. The quantitative estimate of drug-likeness (QED) is 0.650. The molecule has 0 spiro atoms. The van der Waals surface area contributed by atoms with Crippen molar-refractivity contribution in [3.05, 3.63) is 0 Å². The number of carbonyl (C=O) groups is 1. The number of ether oxygens (including phenoxy) is 1. The first-order chi connectivity index (χ1) is 7.11. The highest BCUT2D eigenvalue weighted by molar-refractivity contribution is 5.77. The van der Waals surface area contributed by atoms with Crippen LogP contribution in [0.2, 0.25) is 0 Å². The van der Waals surface area contributed by atoms with Gasteiger partial charge < -0.3 is 10.1 Å². The number of nitrogens with one attached hydrogen (secondary N) is 1. The predicted octanol–water partition coefficient (Wildman–Crippen LogP) is 0.727. The summed E-state index contributed by atoms with van der Waals surface area (Å²) in [6.45, 7) is 10.2. The average Bonchev–Trinajstić information content (AvgIpc) is 2.22. The van der Waals surface area contributed by atoms with E-state index in [1.807, 2.05) is 13.8 Å². The standard InChI is InChI=1S/C11H24N2O2/c1-5-13(8-9-15-4)7-6-12-11(14)10(2)3/h10H,5-9H2,1-4H3,(H,12,14). The molecule has 15 heavy (non-hydrogen) atoms. The van der Waals surface area contributed by atoms with Gasteiger partial charge in [0.2, 0.25) is 5.91 Å². The first-order valence-corrected chi connectivity index (χ1v) is 5.60. The number of amides is 1. The fourth-order valence-corrected chi connectivity index (χ4v) is 1.19. The monoisotopic (exact) mass is 216 g/mol. The van der Waals surface area contributed by atoms with Crippen molar-refractivity contribution in [2.75, 3.05) is 39.9 Å². The summed E-state index contributed by atoms with van der Waals surface area (Å²) < 4.78 is 5.01. The second-order valence-electron chi connectivity index (χ2n) is 3.87. The van der Waals surface area contributed by atoms with Gasteiger partial charge in [-0.15, -0.1) is 0 Å². The first kappa shape index (κ1) is 14.4. The molecule has 4 heteroatoms.